The molecule has 0 aromatic heterocycles. The molecule has 0 saturated carbocycles. The van der Waals surface area contributed by atoms with Crippen molar-refractivity contribution in [2.75, 3.05) is 6.61 Å². The highest BCUT2D eigenvalue weighted by Gasteiger charge is 2.29. The first-order valence-corrected chi connectivity index (χ1v) is 4.96. The highest BCUT2D eigenvalue weighted by atomic mass is 16.4. The van der Waals surface area contributed by atoms with Crippen molar-refractivity contribution in [3.63, 3.8) is 0 Å². The first-order valence-electron chi connectivity index (χ1n) is 4.96. The number of aliphatic hydroxyl groups excluding tert-OH is 5. The van der Waals surface area contributed by atoms with Gasteiger partial charge in [-0.15, -0.1) is 0 Å². The molecule has 102 valence electrons. The van der Waals surface area contributed by atoms with Gasteiger partial charge >= 0.3 is 0 Å². The minimum atomic E-state index is -1.79. The van der Waals surface area contributed by atoms with Crippen molar-refractivity contribution in [2.24, 2.45) is 5.10 Å². The van der Waals surface area contributed by atoms with Gasteiger partial charge in [-0.1, -0.05) is 0 Å². The van der Waals surface area contributed by atoms with Gasteiger partial charge in [0.05, 0.1) is 18.9 Å². The van der Waals surface area contributed by atoms with Crippen LogP contribution in [0.4, 0.5) is 0 Å². The van der Waals surface area contributed by atoms with Crippen LogP contribution in [0.5, 0.6) is 0 Å². The number of hydrogen-bond acceptors (Lipinski definition) is 8. The lowest BCUT2D eigenvalue weighted by molar-refractivity contribution is -0.120. The van der Waals surface area contributed by atoms with Crippen LogP contribution in [-0.2, 0) is 4.79 Å². The number of nitrogens with zero attached hydrogens (tertiary/aromatic N) is 2. The van der Waals surface area contributed by atoms with E-state index in [1.807, 2.05) is 5.43 Å². The monoisotopic (exact) mass is 261 g/mol. The topological polar surface area (TPSA) is 166 Å². The minimum Gasteiger partial charge on any atom is -0.394 e. The van der Waals surface area contributed by atoms with Crippen molar-refractivity contribution in [3.05, 3.63) is 0 Å². The molecule has 6 N–H and O–H groups in total. The van der Waals surface area contributed by atoms with Gasteiger partial charge < -0.3 is 25.5 Å². The molecule has 0 aliphatic rings. The number of hydrazone groups is 1. The second-order valence-corrected chi connectivity index (χ2v) is 3.37. The summed E-state index contributed by atoms with van der Waals surface area (Å²) in [6.45, 7) is -0.791. The number of nitrogens with one attached hydrogen (secondary N) is 1. The van der Waals surface area contributed by atoms with E-state index in [-0.39, 0.29) is 0 Å². The highest BCUT2D eigenvalue weighted by molar-refractivity contribution is 5.79. The number of carbonyl (C=O) groups excluding carboxylic acids is 1. The summed E-state index contributed by atoms with van der Waals surface area (Å²) in [6.07, 6.45) is -6.54. The Morgan fingerprint density at radius 3 is 2.44 bits per heavy atom. The first kappa shape index (κ1) is 16.4. The second kappa shape index (κ2) is 8.51. The van der Waals surface area contributed by atoms with Crippen LogP contribution in [0.1, 0.15) is 6.42 Å². The van der Waals surface area contributed by atoms with Crippen LogP contribution in [-0.4, -0.2) is 68.7 Å². The first-order chi connectivity index (χ1) is 8.43. The maximum atomic E-state index is 10.8. The molecule has 0 aliphatic heterocycles. The minimum absolute atomic E-state index is 0.415. The van der Waals surface area contributed by atoms with Crippen LogP contribution in [0.25, 0.3) is 0 Å². The Kier molecular flexibility index (Phi) is 7.77. The Morgan fingerprint density at radius 2 is 1.94 bits per heavy atom. The van der Waals surface area contributed by atoms with E-state index in [1.54, 1.807) is 6.07 Å². The van der Waals surface area contributed by atoms with Crippen LogP contribution in [0, 0.1) is 11.3 Å². The average molecular weight is 261 g/mol. The Morgan fingerprint density at radius 1 is 1.33 bits per heavy atom. The summed E-state index contributed by atoms with van der Waals surface area (Å²) in [5.74, 6) is -0.702. The number of hydrogen-bond donors (Lipinski definition) is 6. The largest absolute Gasteiger partial charge is 0.394 e. The van der Waals surface area contributed by atoms with Crippen LogP contribution >= 0.6 is 0 Å². The van der Waals surface area contributed by atoms with Gasteiger partial charge in [-0.05, 0) is 0 Å². The number of carbonyl (C=O) groups is 1. The number of aliphatic hydroxyl groups is 5. The van der Waals surface area contributed by atoms with Gasteiger partial charge in [0.1, 0.15) is 30.8 Å². The van der Waals surface area contributed by atoms with Gasteiger partial charge in [-0.3, -0.25) is 4.79 Å². The molecule has 4 atom stereocenters. The van der Waals surface area contributed by atoms with Crippen molar-refractivity contribution in [2.45, 2.75) is 30.8 Å². The van der Waals surface area contributed by atoms with E-state index in [0.29, 0.717) is 6.21 Å². The molecule has 0 heterocycles. The lowest BCUT2D eigenvalue weighted by Crippen LogP contribution is -2.46. The molecule has 0 radical (unpaired) electrons. The Balaban J connectivity index is 4.23. The van der Waals surface area contributed by atoms with E-state index < -0.39 is 43.4 Å². The quantitative estimate of drug-likeness (QED) is 0.203. The summed E-state index contributed by atoms with van der Waals surface area (Å²) < 4.78 is 0. The second-order valence-electron chi connectivity index (χ2n) is 3.37. The van der Waals surface area contributed by atoms with Crippen LogP contribution < -0.4 is 5.43 Å². The summed E-state index contributed by atoms with van der Waals surface area (Å²) in [5, 5.41) is 56.8. The van der Waals surface area contributed by atoms with Gasteiger partial charge in [-0.25, -0.2) is 5.43 Å². The fraction of sp³-hybridized carbons (Fsp3) is 0.667. The molecule has 0 fully saturated rings. The smallest absolute Gasteiger partial charge is 0.254 e. The standard InChI is InChI=1S/C9H15N3O6/c10-2-1-7(16)12-11-3-5(14)8(17)9(18)6(15)4-13/h3,5-6,8-9,13-15,17-18H,1,4H2,(H,12,16). The van der Waals surface area contributed by atoms with Gasteiger partial charge in [0.25, 0.3) is 5.91 Å². The molecular weight excluding hydrogens is 246 g/mol. The summed E-state index contributed by atoms with van der Waals surface area (Å²) in [4.78, 5) is 10.8. The van der Waals surface area contributed by atoms with Crippen LogP contribution in [0.15, 0.2) is 5.10 Å². The van der Waals surface area contributed by atoms with Crippen molar-refractivity contribution in [3.8, 4) is 6.07 Å². The van der Waals surface area contributed by atoms with Crippen molar-refractivity contribution in [1.82, 2.24) is 5.43 Å². The molecule has 0 rings (SSSR count). The predicted octanol–water partition coefficient (Wildman–Crippen LogP) is -3.56. The molecule has 0 spiro atoms. The van der Waals surface area contributed by atoms with Gasteiger partial charge in [-0.2, -0.15) is 10.4 Å². The lowest BCUT2D eigenvalue weighted by atomic mass is 10.0. The molecule has 9 heteroatoms. The molecule has 18 heavy (non-hydrogen) atoms. The summed E-state index contributed by atoms with van der Waals surface area (Å²) in [6, 6.07) is 1.57. The number of rotatable bonds is 7. The van der Waals surface area contributed by atoms with E-state index in [9.17, 15) is 20.1 Å². The zero-order valence-corrected chi connectivity index (χ0v) is 9.34. The molecule has 9 nitrogen and oxygen atoms in total. The maximum absolute atomic E-state index is 10.8. The molecular formula is C9H15N3O6. The lowest BCUT2D eigenvalue weighted by Gasteiger charge is -2.23. The Labute approximate surface area is 103 Å². The zero-order chi connectivity index (χ0) is 14.1. The Hall–Kier alpha value is -1.57. The van der Waals surface area contributed by atoms with E-state index in [0.717, 1.165) is 0 Å². The normalized spacial score (nSPS) is 17.8. The highest BCUT2D eigenvalue weighted by Crippen LogP contribution is 2.03. The third kappa shape index (κ3) is 5.67. The zero-order valence-electron chi connectivity index (χ0n) is 9.34. The van der Waals surface area contributed by atoms with Gasteiger partial charge in [0, 0.05) is 0 Å². The Bertz CT molecular complexity index is 329. The molecule has 0 aromatic rings. The van der Waals surface area contributed by atoms with E-state index >= 15 is 0 Å². The third-order valence-electron chi connectivity index (χ3n) is 1.94. The number of amides is 1. The van der Waals surface area contributed by atoms with Crippen molar-refractivity contribution >= 4 is 12.1 Å². The van der Waals surface area contributed by atoms with E-state index in [4.69, 9.17) is 15.5 Å². The third-order valence-corrected chi connectivity index (χ3v) is 1.94. The van der Waals surface area contributed by atoms with E-state index in [2.05, 4.69) is 5.10 Å². The van der Waals surface area contributed by atoms with Crippen molar-refractivity contribution in [1.29, 1.82) is 5.26 Å². The molecule has 0 aliphatic carbocycles. The molecule has 0 bridgehead atoms. The van der Waals surface area contributed by atoms with Crippen LogP contribution in [0.3, 0.4) is 0 Å². The average Bonchev–Trinajstić information content (AvgIpc) is 2.36. The van der Waals surface area contributed by atoms with Gasteiger partial charge in [0.2, 0.25) is 0 Å². The van der Waals surface area contributed by atoms with Gasteiger partial charge in [0.15, 0.2) is 0 Å². The summed E-state index contributed by atoms with van der Waals surface area (Å²) >= 11 is 0. The molecule has 0 aromatic carbocycles. The molecule has 4 unspecified atom stereocenters. The molecule has 1 amide bonds. The fourth-order valence-electron chi connectivity index (χ4n) is 0.923. The predicted molar refractivity (Wildman–Crippen MR) is 58.0 cm³/mol. The summed E-state index contributed by atoms with van der Waals surface area (Å²) in [7, 11) is 0. The van der Waals surface area contributed by atoms with E-state index in [1.165, 1.54) is 0 Å². The maximum Gasteiger partial charge on any atom is 0.254 e. The molecule has 0 saturated heterocycles. The van der Waals surface area contributed by atoms with Crippen molar-refractivity contribution < 1.29 is 30.3 Å². The SMILES string of the molecule is N#CCC(=O)NN=CC(O)C(O)C(O)C(O)CO. The fourth-order valence-corrected chi connectivity index (χ4v) is 0.923. The summed E-state index contributed by atoms with van der Waals surface area (Å²) in [5.41, 5.74) is 1.89. The number of nitriles is 1. The van der Waals surface area contributed by atoms with Crippen LogP contribution in [0.2, 0.25) is 0 Å².